The minimum atomic E-state index is -4.47. The molecule has 1 aliphatic carbocycles. The van der Waals surface area contributed by atoms with Gasteiger partial charge >= 0.3 is 12.2 Å². The second-order valence-electron chi connectivity index (χ2n) is 10.3. The fourth-order valence-electron chi connectivity index (χ4n) is 5.44. The van der Waals surface area contributed by atoms with E-state index in [2.05, 4.69) is 10.6 Å². The first-order valence-electron chi connectivity index (χ1n) is 13.1. The molecule has 2 aliphatic heterocycles. The molecule has 3 amide bonds. The molecule has 11 heteroatoms. The van der Waals surface area contributed by atoms with Crippen LogP contribution >= 0.6 is 0 Å². The molecule has 4 atom stereocenters. The highest BCUT2D eigenvalue weighted by atomic mass is 19.4. The fraction of sp³-hybridized carbons (Fsp3) is 0.692. The van der Waals surface area contributed by atoms with Crippen LogP contribution in [0.3, 0.4) is 0 Å². The van der Waals surface area contributed by atoms with Crippen LogP contribution in [0.15, 0.2) is 24.3 Å². The number of fused-ring (bicyclic) bond motifs is 1. The monoisotopic (exact) mass is 527 g/mol. The van der Waals surface area contributed by atoms with E-state index in [1.807, 2.05) is 0 Å². The Bertz CT molecular complexity index is 908. The molecule has 206 valence electrons. The third-order valence-corrected chi connectivity index (χ3v) is 7.43. The van der Waals surface area contributed by atoms with E-state index in [0.717, 1.165) is 25.0 Å². The number of halogens is 3. The molecule has 1 saturated carbocycles. The van der Waals surface area contributed by atoms with Crippen LogP contribution in [-0.4, -0.2) is 72.6 Å². The van der Waals surface area contributed by atoms with Crippen LogP contribution in [0.2, 0.25) is 0 Å². The van der Waals surface area contributed by atoms with Gasteiger partial charge in [0.05, 0.1) is 50.0 Å². The number of aliphatic hydroxyl groups is 1. The predicted octanol–water partition coefficient (Wildman–Crippen LogP) is 3.93. The molecule has 0 unspecified atom stereocenters. The molecule has 37 heavy (non-hydrogen) atoms. The van der Waals surface area contributed by atoms with Gasteiger partial charge in [-0.3, -0.25) is 4.79 Å². The molecule has 3 N–H and O–H groups in total. The standard InChI is InChI=1S/C26H36F3N3O5/c27-26(28,29)18-6-8-19(9-7-18)31-25(35)32-14-20(33)15-36-16-23-22(32)11-10-21(37-23)12-24(34)30-13-17-4-2-1-3-5-17/h6-9,17,20-23,33H,1-5,10-16H2,(H,30,34)(H,31,35)/t20-,21-,22+,23-/m0/s1. The number of amides is 3. The van der Waals surface area contributed by atoms with Crippen molar-refractivity contribution >= 4 is 17.6 Å². The lowest BCUT2D eigenvalue weighted by Gasteiger charge is -2.44. The van der Waals surface area contributed by atoms with Crippen LogP contribution in [0.25, 0.3) is 0 Å². The summed E-state index contributed by atoms with van der Waals surface area (Å²) < 4.78 is 50.3. The molecule has 2 heterocycles. The average Bonchev–Trinajstić information content (AvgIpc) is 2.86. The minimum Gasteiger partial charge on any atom is -0.389 e. The Kier molecular flexibility index (Phi) is 9.31. The normalized spacial score (nSPS) is 27.5. The average molecular weight is 528 g/mol. The Morgan fingerprint density at radius 2 is 1.76 bits per heavy atom. The lowest BCUT2D eigenvalue weighted by atomic mass is 9.89. The summed E-state index contributed by atoms with van der Waals surface area (Å²) in [7, 11) is 0. The minimum absolute atomic E-state index is 0.0104. The summed E-state index contributed by atoms with van der Waals surface area (Å²) in [6.45, 7) is 0.856. The molecule has 2 saturated heterocycles. The first-order chi connectivity index (χ1) is 17.7. The number of rotatable bonds is 5. The van der Waals surface area contributed by atoms with Gasteiger partial charge in [-0.25, -0.2) is 4.79 Å². The van der Waals surface area contributed by atoms with Gasteiger partial charge < -0.3 is 30.1 Å². The van der Waals surface area contributed by atoms with Crippen molar-refractivity contribution in [2.45, 2.75) is 81.9 Å². The molecule has 1 aromatic rings. The van der Waals surface area contributed by atoms with Gasteiger partial charge in [0.25, 0.3) is 0 Å². The van der Waals surface area contributed by atoms with Crippen molar-refractivity contribution in [1.82, 2.24) is 10.2 Å². The maximum atomic E-state index is 13.1. The molecule has 1 aromatic carbocycles. The number of nitrogens with zero attached hydrogens (tertiary/aromatic N) is 1. The number of alkyl halides is 3. The summed E-state index contributed by atoms with van der Waals surface area (Å²) in [4.78, 5) is 27.1. The summed E-state index contributed by atoms with van der Waals surface area (Å²) in [6.07, 6.45) is 1.15. The molecule has 0 spiro atoms. The summed E-state index contributed by atoms with van der Waals surface area (Å²) >= 11 is 0. The third kappa shape index (κ3) is 7.81. The summed E-state index contributed by atoms with van der Waals surface area (Å²) in [6, 6.07) is 3.25. The van der Waals surface area contributed by atoms with Crippen molar-refractivity contribution in [3.05, 3.63) is 29.8 Å². The zero-order valence-corrected chi connectivity index (χ0v) is 20.8. The van der Waals surface area contributed by atoms with E-state index < -0.39 is 36.0 Å². The SMILES string of the molecule is O=C(C[C@@H]1CC[C@@H]2[C@H](COC[C@@H](O)CN2C(=O)Nc2ccc(C(F)(F)F)cc2)O1)NCC1CCCCC1. The molecule has 4 rings (SSSR count). The largest absolute Gasteiger partial charge is 0.416 e. The molecule has 0 bridgehead atoms. The van der Waals surface area contributed by atoms with Gasteiger partial charge in [0.1, 0.15) is 6.10 Å². The van der Waals surface area contributed by atoms with E-state index in [1.165, 1.54) is 36.3 Å². The topological polar surface area (TPSA) is 100 Å². The van der Waals surface area contributed by atoms with Crippen LogP contribution in [0.1, 0.15) is 56.9 Å². The number of aliphatic hydroxyl groups excluding tert-OH is 1. The van der Waals surface area contributed by atoms with Gasteiger partial charge in [-0.15, -0.1) is 0 Å². The summed E-state index contributed by atoms with van der Waals surface area (Å²) in [5.74, 6) is 0.490. The summed E-state index contributed by atoms with van der Waals surface area (Å²) in [5, 5.41) is 16.0. The fourth-order valence-corrected chi connectivity index (χ4v) is 5.44. The molecule has 3 fully saturated rings. The second-order valence-corrected chi connectivity index (χ2v) is 10.3. The zero-order valence-electron chi connectivity index (χ0n) is 20.8. The maximum absolute atomic E-state index is 13.1. The van der Waals surface area contributed by atoms with E-state index in [-0.39, 0.29) is 43.9 Å². The van der Waals surface area contributed by atoms with Crippen LogP contribution in [0.5, 0.6) is 0 Å². The number of ether oxygens (including phenoxy) is 2. The number of carbonyl (C=O) groups excluding carboxylic acids is 2. The van der Waals surface area contributed by atoms with E-state index in [9.17, 15) is 27.9 Å². The maximum Gasteiger partial charge on any atom is 0.416 e. The predicted molar refractivity (Wildman–Crippen MR) is 130 cm³/mol. The lowest BCUT2D eigenvalue weighted by molar-refractivity contribution is -0.149. The van der Waals surface area contributed by atoms with Crippen molar-refractivity contribution in [2.24, 2.45) is 5.92 Å². The van der Waals surface area contributed by atoms with E-state index in [0.29, 0.717) is 25.3 Å². The highest BCUT2D eigenvalue weighted by Gasteiger charge is 2.40. The van der Waals surface area contributed by atoms with Gasteiger partial charge in [-0.2, -0.15) is 13.2 Å². The highest BCUT2D eigenvalue weighted by molar-refractivity contribution is 5.89. The van der Waals surface area contributed by atoms with Gasteiger partial charge in [-0.05, 0) is 55.9 Å². The molecule has 8 nitrogen and oxygen atoms in total. The molecular weight excluding hydrogens is 491 g/mol. The molecule has 0 radical (unpaired) electrons. The Morgan fingerprint density at radius 3 is 2.46 bits per heavy atom. The quantitative estimate of drug-likeness (QED) is 0.539. The van der Waals surface area contributed by atoms with E-state index >= 15 is 0 Å². The van der Waals surface area contributed by atoms with Gasteiger partial charge in [-0.1, -0.05) is 19.3 Å². The van der Waals surface area contributed by atoms with Crippen molar-refractivity contribution in [1.29, 1.82) is 0 Å². The first kappa shape index (κ1) is 27.7. The molecular formula is C26H36F3N3O5. The van der Waals surface area contributed by atoms with Gasteiger partial charge in [0.15, 0.2) is 0 Å². The van der Waals surface area contributed by atoms with E-state index in [4.69, 9.17) is 9.47 Å². The number of hydrogen-bond acceptors (Lipinski definition) is 5. The number of carbonyl (C=O) groups is 2. The van der Waals surface area contributed by atoms with Crippen LogP contribution < -0.4 is 10.6 Å². The number of urea groups is 1. The first-order valence-corrected chi connectivity index (χ1v) is 13.1. The van der Waals surface area contributed by atoms with Gasteiger partial charge in [0, 0.05) is 12.2 Å². The van der Waals surface area contributed by atoms with Crippen LogP contribution in [-0.2, 0) is 20.4 Å². The number of β-amino-alcohol motifs (C(OH)–C–C–N with tert-alkyl or cyclic N) is 1. The number of benzene rings is 1. The third-order valence-electron chi connectivity index (χ3n) is 7.43. The highest BCUT2D eigenvalue weighted by Crippen LogP contribution is 2.31. The number of anilines is 1. The number of hydrogen-bond donors (Lipinski definition) is 3. The lowest BCUT2D eigenvalue weighted by Crippen LogP contribution is -2.58. The van der Waals surface area contributed by atoms with Crippen molar-refractivity contribution < 1.29 is 37.3 Å². The number of nitrogens with one attached hydrogen (secondary N) is 2. The van der Waals surface area contributed by atoms with Crippen molar-refractivity contribution in [2.75, 3.05) is 31.6 Å². The Balaban J connectivity index is 1.34. The zero-order chi connectivity index (χ0) is 26.4. The van der Waals surface area contributed by atoms with Crippen molar-refractivity contribution in [3.8, 4) is 0 Å². The van der Waals surface area contributed by atoms with Crippen LogP contribution in [0.4, 0.5) is 23.7 Å². The smallest absolute Gasteiger partial charge is 0.389 e. The van der Waals surface area contributed by atoms with Crippen LogP contribution in [0, 0.1) is 5.92 Å². The molecule has 3 aliphatic rings. The van der Waals surface area contributed by atoms with E-state index in [1.54, 1.807) is 0 Å². The second kappa shape index (κ2) is 12.4. The molecule has 0 aromatic heterocycles. The Morgan fingerprint density at radius 1 is 1.03 bits per heavy atom. The summed E-state index contributed by atoms with van der Waals surface area (Å²) in [5.41, 5.74) is -0.592. The van der Waals surface area contributed by atoms with Gasteiger partial charge in [0.2, 0.25) is 5.91 Å². The van der Waals surface area contributed by atoms with Crippen molar-refractivity contribution in [3.63, 3.8) is 0 Å². The Hall–Kier alpha value is -2.37. The Labute approximate surface area is 214 Å².